The molecule has 0 amide bonds. The third kappa shape index (κ3) is 3.71. The Morgan fingerprint density at radius 2 is 2.08 bits per heavy atom. The third-order valence-electron chi connectivity index (χ3n) is 4.94. The molecular weight excluding hydrogens is 318 g/mol. The Labute approximate surface area is 148 Å². The van der Waals surface area contributed by atoms with E-state index in [1.165, 1.54) is 0 Å². The molecule has 25 heavy (non-hydrogen) atoms. The van der Waals surface area contributed by atoms with E-state index in [0.29, 0.717) is 19.0 Å². The second-order valence-electron chi connectivity index (χ2n) is 6.55. The zero-order valence-electron chi connectivity index (χ0n) is 15.5. The van der Waals surface area contributed by atoms with Crippen molar-refractivity contribution in [1.82, 2.24) is 9.88 Å². The van der Waals surface area contributed by atoms with Gasteiger partial charge >= 0.3 is 0 Å². The van der Waals surface area contributed by atoms with Gasteiger partial charge in [-0.1, -0.05) is 0 Å². The normalized spacial score (nSPS) is 18.5. The highest BCUT2D eigenvalue weighted by molar-refractivity contribution is 5.63. The monoisotopic (exact) mass is 345 g/mol. The van der Waals surface area contributed by atoms with Gasteiger partial charge in [0.15, 0.2) is 0 Å². The molecule has 1 unspecified atom stereocenters. The number of oxazole rings is 1. The van der Waals surface area contributed by atoms with Crippen molar-refractivity contribution < 1.29 is 13.9 Å². The summed E-state index contributed by atoms with van der Waals surface area (Å²) in [6, 6.07) is 3.97. The first kappa shape index (κ1) is 17.9. The predicted molar refractivity (Wildman–Crippen MR) is 96.8 cm³/mol. The molecule has 0 bridgehead atoms. The first-order valence-corrected chi connectivity index (χ1v) is 8.68. The molecule has 2 aromatic rings. The number of nitrogens with zero attached hydrogens (tertiary/aromatic N) is 2. The van der Waals surface area contributed by atoms with Crippen LogP contribution in [0.3, 0.4) is 0 Å². The quantitative estimate of drug-likeness (QED) is 0.897. The molecule has 1 aliphatic rings. The van der Waals surface area contributed by atoms with Gasteiger partial charge in [-0.25, -0.2) is 4.98 Å². The standard InChI is InChI=1S/C19H27N3O3/c1-12-13(2)18(23-4)6-5-16(12)19-21-17(14(3)25-19)11-22-7-8-24-15(9-20)10-22/h5-6,15H,7-11,20H2,1-4H3. The summed E-state index contributed by atoms with van der Waals surface area (Å²) in [6.45, 7) is 9.82. The van der Waals surface area contributed by atoms with Crippen molar-refractivity contribution in [2.45, 2.75) is 33.4 Å². The molecular formula is C19H27N3O3. The van der Waals surface area contributed by atoms with Gasteiger partial charge < -0.3 is 19.6 Å². The lowest BCUT2D eigenvalue weighted by Gasteiger charge is -2.31. The minimum atomic E-state index is 0.104. The lowest BCUT2D eigenvalue weighted by Crippen LogP contribution is -2.45. The van der Waals surface area contributed by atoms with Gasteiger partial charge in [0.1, 0.15) is 11.5 Å². The molecule has 1 aromatic heterocycles. The van der Waals surface area contributed by atoms with Gasteiger partial charge in [0.05, 0.1) is 25.5 Å². The van der Waals surface area contributed by atoms with Crippen LogP contribution in [0.25, 0.3) is 11.5 Å². The summed E-state index contributed by atoms with van der Waals surface area (Å²) in [6.07, 6.45) is 0.104. The molecule has 1 atom stereocenters. The maximum absolute atomic E-state index is 5.97. The molecule has 2 heterocycles. The van der Waals surface area contributed by atoms with Gasteiger partial charge in [-0.05, 0) is 44.0 Å². The van der Waals surface area contributed by atoms with Crippen LogP contribution in [0.4, 0.5) is 0 Å². The van der Waals surface area contributed by atoms with Gasteiger partial charge in [-0.2, -0.15) is 0 Å². The summed E-state index contributed by atoms with van der Waals surface area (Å²) in [5, 5.41) is 0. The summed E-state index contributed by atoms with van der Waals surface area (Å²) >= 11 is 0. The number of morpholine rings is 1. The molecule has 0 aliphatic carbocycles. The lowest BCUT2D eigenvalue weighted by atomic mass is 10.0. The van der Waals surface area contributed by atoms with Crippen LogP contribution in [0.2, 0.25) is 0 Å². The molecule has 3 rings (SSSR count). The number of aromatic nitrogens is 1. The molecule has 2 N–H and O–H groups in total. The first-order chi connectivity index (χ1) is 12.0. The second-order valence-corrected chi connectivity index (χ2v) is 6.55. The van der Waals surface area contributed by atoms with Gasteiger partial charge in [0.2, 0.25) is 5.89 Å². The van der Waals surface area contributed by atoms with Crippen molar-refractivity contribution in [3.05, 3.63) is 34.7 Å². The Kier molecular flexibility index (Phi) is 5.42. The Morgan fingerprint density at radius 3 is 2.80 bits per heavy atom. The summed E-state index contributed by atoms with van der Waals surface area (Å²) in [5.74, 6) is 2.41. The molecule has 1 fully saturated rings. The minimum Gasteiger partial charge on any atom is -0.496 e. The number of hydrogen-bond acceptors (Lipinski definition) is 6. The van der Waals surface area contributed by atoms with E-state index in [0.717, 1.165) is 53.5 Å². The highest BCUT2D eigenvalue weighted by atomic mass is 16.5. The second kappa shape index (κ2) is 7.56. The Balaban J connectivity index is 1.82. The third-order valence-corrected chi connectivity index (χ3v) is 4.94. The average molecular weight is 345 g/mol. The van der Waals surface area contributed by atoms with Crippen LogP contribution in [0, 0.1) is 20.8 Å². The van der Waals surface area contributed by atoms with Crippen LogP contribution >= 0.6 is 0 Å². The van der Waals surface area contributed by atoms with Crippen molar-refractivity contribution in [3.8, 4) is 17.2 Å². The Morgan fingerprint density at radius 1 is 1.28 bits per heavy atom. The molecule has 1 saturated heterocycles. The van der Waals surface area contributed by atoms with E-state index in [1.54, 1.807) is 7.11 Å². The number of benzene rings is 1. The smallest absolute Gasteiger partial charge is 0.226 e. The molecule has 136 valence electrons. The number of nitrogens with two attached hydrogens (primary N) is 1. The zero-order valence-corrected chi connectivity index (χ0v) is 15.5. The predicted octanol–water partition coefficient (Wildman–Crippen LogP) is 2.43. The van der Waals surface area contributed by atoms with Crippen molar-refractivity contribution in [3.63, 3.8) is 0 Å². The summed E-state index contributed by atoms with van der Waals surface area (Å²) in [5.41, 5.74) is 9.94. The number of hydrogen-bond donors (Lipinski definition) is 1. The molecule has 0 saturated carbocycles. The molecule has 1 aliphatic heterocycles. The Hall–Kier alpha value is -1.89. The van der Waals surface area contributed by atoms with E-state index >= 15 is 0 Å². The fourth-order valence-corrected chi connectivity index (χ4v) is 3.22. The molecule has 0 radical (unpaired) electrons. The van der Waals surface area contributed by atoms with Crippen LogP contribution in [0.5, 0.6) is 5.75 Å². The van der Waals surface area contributed by atoms with Crippen LogP contribution < -0.4 is 10.5 Å². The van der Waals surface area contributed by atoms with Crippen LogP contribution in [-0.2, 0) is 11.3 Å². The zero-order chi connectivity index (χ0) is 18.0. The number of ether oxygens (including phenoxy) is 2. The fourth-order valence-electron chi connectivity index (χ4n) is 3.22. The molecule has 6 nitrogen and oxygen atoms in total. The summed E-state index contributed by atoms with van der Waals surface area (Å²) in [4.78, 5) is 7.08. The van der Waals surface area contributed by atoms with Gasteiger partial charge in [-0.3, -0.25) is 4.90 Å². The van der Waals surface area contributed by atoms with Crippen molar-refractivity contribution >= 4 is 0 Å². The van der Waals surface area contributed by atoms with Crippen molar-refractivity contribution in [1.29, 1.82) is 0 Å². The largest absolute Gasteiger partial charge is 0.496 e. The van der Waals surface area contributed by atoms with Gasteiger partial charge in [-0.15, -0.1) is 0 Å². The van der Waals surface area contributed by atoms with Crippen LogP contribution in [-0.4, -0.2) is 49.3 Å². The van der Waals surface area contributed by atoms with E-state index in [9.17, 15) is 0 Å². The SMILES string of the molecule is COc1ccc(-c2nc(CN3CCOC(CN)C3)c(C)o2)c(C)c1C. The van der Waals surface area contributed by atoms with Crippen LogP contribution in [0.1, 0.15) is 22.6 Å². The van der Waals surface area contributed by atoms with Crippen molar-refractivity contribution in [2.75, 3.05) is 33.4 Å². The van der Waals surface area contributed by atoms with E-state index in [-0.39, 0.29) is 6.10 Å². The van der Waals surface area contributed by atoms with E-state index in [2.05, 4.69) is 18.7 Å². The molecule has 1 aromatic carbocycles. The number of aryl methyl sites for hydroxylation is 1. The van der Waals surface area contributed by atoms with E-state index in [1.807, 2.05) is 19.1 Å². The molecule has 6 heteroatoms. The first-order valence-electron chi connectivity index (χ1n) is 8.68. The maximum Gasteiger partial charge on any atom is 0.226 e. The highest BCUT2D eigenvalue weighted by Crippen LogP contribution is 2.31. The number of methoxy groups -OCH3 is 1. The Bertz CT molecular complexity index is 742. The fraction of sp³-hybridized carbons (Fsp3) is 0.526. The van der Waals surface area contributed by atoms with E-state index in [4.69, 9.17) is 24.6 Å². The average Bonchev–Trinajstić information content (AvgIpc) is 2.97. The highest BCUT2D eigenvalue weighted by Gasteiger charge is 2.22. The minimum absolute atomic E-state index is 0.104. The number of rotatable bonds is 5. The van der Waals surface area contributed by atoms with Gasteiger partial charge in [0, 0.05) is 31.7 Å². The van der Waals surface area contributed by atoms with Crippen LogP contribution in [0.15, 0.2) is 16.5 Å². The summed E-state index contributed by atoms with van der Waals surface area (Å²) in [7, 11) is 1.69. The van der Waals surface area contributed by atoms with Crippen molar-refractivity contribution in [2.24, 2.45) is 5.73 Å². The lowest BCUT2D eigenvalue weighted by molar-refractivity contribution is -0.0264. The topological polar surface area (TPSA) is 73.8 Å². The molecule has 0 spiro atoms. The maximum atomic E-state index is 5.97. The summed E-state index contributed by atoms with van der Waals surface area (Å²) < 4.78 is 17.0. The van der Waals surface area contributed by atoms with Gasteiger partial charge in [0.25, 0.3) is 0 Å². The van der Waals surface area contributed by atoms with E-state index < -0.39 is 0 Å².